The molecule has 0 aliphatic carbocycles. The lowest BCUT2D eigenvalue weighted by molar-refractivity contribution is -0.116. The molecule has 36 heavy (non-hydrogen) atoms. The third kappa shape index (κ3) is 4.88. The monoisotopic (exact) mass is 502 g/mol. The van der Waals surface area contributed by atoms with E-state index in [4.69, 9.17) is 9.47 Å². The molecule has 0 spiro atoms. The van der Waals surface area contributed by atoms with Gasteiger partial charge < -0.3 is 20.1 Å². The van der Waals surface area contributed by atoms with Gasteiger partial charge in [-0.2, -0.15) is 5.26 Å². The number of hydrogen-bond acceptors (Lipinski definition) is 7. The zero-order valence-electron chi connectivity index (χ0n) is 20.0. The molecule has 1 fully saturated rings. The Morgan fingerprint density at radius 3 is 2.89 bits per heavy atom. The van der Waals surface area contributed by atoms with E-state index in [0.717, 1.165) is 34.4 Å². The average Bonchev–Trinajstić information content (AvgIpc) is 3.34. The van der Waals surface area contributed by atoms with E-state index in [2.05, 4.69) is 40.7 Å². The van der Waals surface area contributed by atoms with Crippen molar-refractivity contribution in [3.05, 3.63) is 70.1 Å². The van der Waals surface area contributed by atoms with Crippen LogP contribution in [-0.2, 0) is 26.3 Å². The molecule has 3 heterocycles. The molecule has 9 heteroatoms. The molecule has 1 saturated heterocycles. The molecule has 2 aliphatic heterocycles. The van der Waals surface area contributed by atoms with Crippen LogP contribution in [0.4, 0.5) is 5.13 Å². The number of nitrogens with zero attached hydrogens (tertiary/aromatic N) is 2. The Labute approximate surface area is 213 Å². The minimum Gasteiger partial charge on any atom is -0.375 e. The Kier molecular flexibility index (Phi) is 6.58. The van der Waals surface area contributed by atoms with Crippen LogP contribution in [0.25, 0.3) is 11.3 Å². The lowest BCUT2D eigenvalue weighted by Crippen LogP contribution is -2.34. The van der Waals surface area contributed by atoms with Gasteiger partial charge in [0.15, 0.2) is 5.13 Å². The SMILES string of the molecule is CC1CC(c2cccc(-c3csc(NC(=O)CNC(=O)c4ccc5c(c4)[C@](C)(C#N)COC5)n3)c2)O1. The zero-order valence-corrected chi connectivity index (χ0v) is 20.9. The number of hydrogen-bond donors (Lipinski definition) is 2. The van der Waals surface area contributed by atoms with Crippen LogP contribution in [0.5, 0.6) is 0 Å². The van der Waals surface area contributed by atoms with Crippen molar-refractivity contribution in [2.75, 3.05) is 18.5 Å². The van der Waals surface area contributed by atoms with Crippen LogP contribution in [0, 0.1) is 11.3 Å². The molecule has 184 valence electrons. The average molecular weight is 503 g/mol. The molecule has 2 unspecified atom stereocenters. The van der Waals surface area contributed by atoms with Crippen molar-refractivity contribution >= 4 is 28.3 Å². The minimum atomic E-state index is -0.813. The highest BCUT2D eigenvalue weighted by molar-refractivity contribution is 7.14. The highest BCUT2D eigenvalue weighted by Crippen LogP contribution is 2.36. The van der Waals surface area contributed by atoms with Gasteiger partial charge in [-0.1, -0.05) is 24.3 Å². The minimum absolute atomic E-state index is 0.124. The molecule has 1 aromatic heterocycles. The van der Waals surface area contributed by atoms with Crippen LogP contribution in [0.1, 0.15) is 53.4 Å². The van der Waals surface area contributed by atoms with Crippen LogP contribution in [0.2, 0.25) is 0 Å². The molecule has 3 atom stereocenters. The van der Waals surface area contributed by atoms with Gasteiger partial charge in [0.1, 0.15) is 5.41 Å². The van der Waals surface area contributed by atoms with Gasteiger partial charge in [-0.3, -0.25) is 9.59 Å². The van der Waals surface area contributed by atoms with Gasteiger partial charge in [-0.05, 0) is 48.7 Å². The van der Waals surface area contributed by atoms with Crippen LogP contribution in [-0.4, -0.2) is 36.1 Å². The summed E-state index contributed by atoms with van der Waals surface area (Å²) in [6, 6.07) is 15.5. The van der Waals surface area contributed by atoms with Gasteiger partial charge >= 0.3 is 0 Å². The Bertz CT molecular complexity index is 1360. The molecule has 2 N–H and O–H groups in total. The van der Waals surface area contributed by atoms with Gasteiger partial charge in [0.05, 0.1) is 43.7 Å². The van der Waals surface area contributed by atoms with Crippen LogP contribution in [0.15, 0.2) is 47.8 Å². The molecular formula is C27H26N4O4S. The van der Waals surface area contributed by atoms with Gasteiger partial charge in [0.25, 0.3) is 5.91 Å². The largest absolute Gasteiger partial charge is 0.375 e. The second kappa shape index (κ2) is 9.82. The Morgan fingerprint density at radius 2 is 2.11 bits per heavy atom. The fourth-order valence-electron chi connectivity index (χ4n) is 4.47. The van der Waals surface area contributed by atoms with Crippen molar-refractivity contribution in [3.8, 4) is 17.3 Å². The van der Waals surface area contributed by atoms with E-state index in [1.54, 1.807) is 25.1 Å². The van der Waals surface area contributed by atoms with Crippen molar-refractivity contribution in [2.45, 2.75) is 44.5 Å². The predicted molar refractivity (Wildman–Crippen MR) is 135 cm³/mol. The number of nitrogens with one attached hydrogen (secondary N) is 2. The van der Waals surface area contributed by atoms with Crippen molar-refractivity contribution < 1.29 is 19.1 Å². The maximum Gasteiger partial charge on any atom is 0.251 e. The topological polar surface area (TPSA) is 113 Å². The number of nitriles is 1. The first-order chi connectivity index (χ1) is 17.3. The summed E-state index contributed by atoms with van der Waals surface area (Å²) >= 11 is 1.33. The van der Waals surface area contributed by atoms with Gasteiger partial charge in [-0.25, -0.2) is 4.98 Å². The number of amides is 2. The smallest absolute Gasteiger partial charge is 0.251 e. The van der Waals surface area contributed by atoms with Gasteiger partial charge in [0, 0.05) is 22.9 Å². The zero-order chi connectivity index (χ0) is 25.3. The van der Waals surface area contributed by atoms with E-state index in [1.165, 1.54) is 11.3 Å². The highest BCUT2D eigenvalue weighted by atomic mass is 32.1. The number of fused-ring (bicyclic) bond motifs is 1. The summed E-state index contributed by atoms with van der Waals surface area (Å²) < 4.78 is 11.3. The second-order valence-corrected chi connectivity index (χ2v) is 10.2. The summed E-state index contributed by atoms with van der Waals surface area (Å²) in [4.78, 5) is 29.7. The van der Waals surface area contributed by atoms with Crippen LogP contribution in [0.3, 0.4) is 0 Å². The van der Waals surface area contributed by atoms with Crippen LogP contribution >= 0.6 is 11.3 Å². The third-order valence-corrected chi connectivity index (χ3v) is 7.28. The van der Waals surface area contributed by atoms with E-state index in [-0.39, 0.29) is 31.1 Å². The Hall–Kier alpha value is -3.58. The molecule has 0 bridgehead atoms. The Morgan fingerprint density at radius 1 is 1.28 bits per heavy atom. The fourth-order valence-corrected chi connectivity index (χ4v) is 5.20. The number of rotatable bonds is 6. The molecule has 8 nitrogen and oxygen atoms in total. The number of ether oxygens (including phenoxy) is 2. The maximum atomic E-state index is 12.7. The van der Waals surface area contributed by atoms with E-state index >= 15 is 0 Å². The van der Waals surface area contributed by atoms with Crippen LogP contribution < -0.4 is 10.6 Å². The molecule has 0 saturated carbocycles. The number of anilines is 1. The quantitative estimate of drug-likeness (QED) is 0.518. The summed E-state index contributed by atoms with van der Waals surface area (Å²) in [5.74, 6) is -0.757. The highest BCUT2D eigenvalue weighted by Gasteiger charge is 2.33. The number of carbonyl (C=O) groups is 2. The molecule has 5 rings (SSSR count). The number of thiazole rings is 1. The van der Waals surface area contributed by atoms with Gasteiger partial charge in [-0.15, -0.1) is 11.3 Å². The van der Waals surface area contributed by atoms with E-state index < -0.39 is 5.41 Å². The molecule has 0 radical (unpaired) electrons. The Balaban J connectivity index is 1.18. The second-order valence-electron chi connectivity index (χ2n) is 9.37. The first-order valence-corrected chi connectivity index (χ1v) is 12.6. The lowest BCUT2D eigenvalue weighted by atomic mass is 9.79. The van der Waals surface area contributed by atoms with Crippen molar-refractivity contribution in [1.82, 2.24) is 10.3 Å². The summed E-state index contributed by atoms with van der Waals surface area (Å²) in [5, 5.41) is 17.3. The lowest BCUT2D eigenvalue weighted by Gasteiger charge is -2.34. The summed E-state index contributed by atoms with van der Waals surface area (Å²) in [5.41, 5.74) is 4.11. The third-order valence-electron chi connectivity index (χ3n) is 6.52. The van der Waals surface area contributed by atoms with Crippen molar-refractivity contribution in [1.29, 1.82) is 5.26 Å². The van der Waals surface area contributed by atoms with E-state index in [1.807, 2.05) is 17.5 Å². The molecule has 3 aromatic rings. The first-order valence-electron chi connectivity index (χ1n) is 11.8. The number of carbonyl (C=O) groups excluding carboxylic acids is 2. The van der Waals surface area contributed by atoms with E-state index in [0.29, 0.717) is 23.4 Å². The standard InChI is InChI=1S/C27H26N4O4S/c1-16-8-23(35-16)18-5-3-4-17(9-18)22-13-36-26(30-22)31-24(32)11-29-25(33)19-6-7-20-12-34-15-27(2,14-28)21(20)10-19/h3-7,9-10,13,16,23H,8,11-12,15H2,1-2H3,(H,29,33)(H,30,31,32)/t16?,23?,27-/m1/s1. The van der Waals surface area contributed by atoms with Crippen molar-refractivity contribution in [2.24, 2.45) is 0 Å². The number of benzene rings is 2. The molecule has 2 aromatic carbocycles. The molecule has 2 amide bonds. The summed E-state index contributed by atoms with van der Waals surface area (Å²) in [6.45, 7) is 4.34. The maximum absolute atomic E-state index is 12.7. The summed E-state index contributed by atoms with van der Waals surface area (Å²) in [6.07, 6.45) is 1.42. The van der Waals surface area contributed by atoms with E-state index in [9.17, 15) is 14.9 Å². The fraction of sp³-hybridized carbons (Fsp3) is 0.333. The normalized spacial score (nSPS) is 22.6. The number of aromatic nitrogens is 1. The molecule has 2 aliphatic rings. The van der Waals surface area contributed by atoms with Crippen molar-refractivity contribution in [3.63, 3.8) is 0 Å². The summed E-state index contributed by atoms with van der Waals surface area (Å²) in [7, 11) is 0. The predicted octanol–water partition coefficient (Wildman–Crippen LogP) is 4.34. The molecular weight excluding hydrogens is 476 g/mol. The first kappa shape index (κ1) is 24.1. The van der Waals surface area contributed by atoms with Gasteiger partial charge in [0.2, 0.25) is 5.91 Å².